The Bertz CT molecular complexity index is 641. The first-order chi connectivity index (χ1) is 9.31. The fourth-order valence-corrected chi connectivity index (χ4v) is 2.43. The van der Waals surface area contributed by atoms with Crippen molar-refractivity contribution in [3.05, 3.63) is 45.9 Å². The number of carbonyl (C=O) groups excluding carboxylic acids is 1. The van der Waals surface area contributed by atoms with Crippen molar-refractivity contribution in [1.82, 2.24) is 10.3 Å². The van der Waals surface area contributed by atoms with Gasteiger partial charge in [-0.15, -0.1) is 11.3 Å². The zero-order valence-electron chi connectivity index (χ0n) is 10.9. The van der Waals surface area contributed by atoms with Crippen LogP contribution in [-0.2, 0) is 5.54 Å². The quantitative estimate of drug-likeness (QED) is 0.856. The summed E-state index contributed by atoms with van der Waals surface area (Å²) in [6.45, 7) is 3.45. The molecule has 106 valence electrons. The van der Waals surface area contributed by atoms with Gasteiger partial charge in [0.2, 0.25) is 0 Å². The Morgan fingerprint density at radius 3 is 2.70 bits per heavy atom. The van der Waals surface area contributed by atoms with Gasteiger partial charge in [-0.05, 0) is 26.0 Å². The maximum Gasteiger partial charge on any atom is 0.255 e. The lowest BCUT2D eigenvalue weighted by molar-refractivity contribution is 0.0907. The van der Waals surface area contributed by atoms with Gasteiger partial charge in [0.25, 0.3) is 5.91 Å². The molecule has 0 unspecified atom stereocenters. The number of anilines is 1. The molecule has 7 heteroatoms. The highest BCUT2D eigenvalue weighted by atomic mass is 32.1. The molecule has 1 heterocycles. The lowest BCUT2D eigenvalue weighted by Gasteiger charge is -2.24. The number of hydrogen-bond donors (Lipinski definition) is 2. The summed E-state index contributed by atoms with van der Waals surface area (Å²) in [5.41, 5.74) is 3.69. The zero-order chi connectivity index (χ0) is 14.9. The van der Waals surface area contributed by atoms with Crippen molar-refractivity contribution in [3.8, 4) is 0 Å². The molecule has 4 nitrogen and oxygen atoms in total. The van der Waals surface area contributed by atoms with E-state index in [2.05, 4.69) is 10.3 Å². The second-order valence-electron chi connectivity index (χ2n) is 4.77. The molecule has 0 atom stereocenters. The number of rotatable bonds is 3. The molecule has 1 aromatic heterocycles. The van der Waals surface area contributed by atoms with E-state index in [9.17, 15) is 13.6 Å². The summed E-state index contributed by atoms with van der Waals surface area (Å²) in [6.07, 6.45) is 1.61. The Morgan fingerprint density at radius 2 is 2.10 bits per heavy atom. The minimum Gasteiger partial charge on any atom is -0.396 e. The molecule has 0 spiro atoms. The molecule has 0 aliphatic heterocycles. The van der Waals surface area contributed by atoms with Crippen molar-refractivity contribution in [2.45, 2.75) is 19.4 Å². The smallest absolute Gasteiger partial charge is 0.255 e. The Morgan fingerprint density at radius 1 is 1.40 bits per heavy atom. The van der Waals surface area contributed by atoms with Crippen molar-refractivity contribution < 1.29 is 13.6 Å². The second kappa shape index (κ2) is 5.16. The van der Waals surface area contributed by atoms with Crippen LogP contribution in [0.25, 0.3) is 0 Å². The summed E-state index contributed by atoms with van der Waals surface area (Å²) in [5.74, 6) is -2.44. The van der Waals surface area contributed by atoms with E-state index in [-0.39, 0.29) is 0 Å². The molecule has 0 bridgehead atoms. The maximum atomic E-state index is 13.8. The Labute approximate surface area is 118 Å². The molecule has 0 saturated carbocycles. The fourth-order valence-electron chi connectivity index (χ4n) is 1.71. The predicted molar refractivity (Wildman–Crippen MR) is 73.4 cm³/mol. The molecule has 0 saturated heterocycles. The minimum atomic E-state index is -0.932. The van der Waals surface area contributed by atoms with Gasteiger partial charge in [0, 0.05) is 11.6 Å². The summed E-state index contributed by atoms with van der Waals surface area (Å²) in [7, 11) is 0. The molecular formula is C13H13F2N3OS. The third kappa shape index (κ3) is 2.77. The number of benzene rings is 1. The predicted octanol–water partition coefficient (Wildman–Crippen LogP) is 2.67. The van der Waals surface area contributed by atoms with E-state index < -0.39 is 34.3 Å². The largest absolute Gasteiger partial charge is 0.396 e. The molecule has 0 fully saturated rings. The van der Waals surface area contributed by atoms with E-state index >= 15 is 0 Å². The van der Waals surface area contributed by atoms with Gasteiger partial charge in [0.05, 0.1) is 16.8 Å². The van der Waals surface area contributed by atoms with E-state index in [1.165, 1.54) is 11.3 Å². The summed E-state index contributed by atoms with van der Waals surface area (Å²) < 4.78 is 27.0. The van der Waals surface area contributed by atoms with Crippen molar-refractivity contribution in [3.63, 3.8) is 0 Å². The maximum absolute atomic E-state index is 13.8. The van der Waals surface area contributed by atoms with Gasteiger partial charge in [-0.25, -0.2) is 13.8 Å². The molecule has 2 rings (SSSR count). The van der Waals surface area contributed by atoms with Crippen molar-refractivity contribution >= 4 is 22.9 Å². The van der Waals surface area contributed by atoms with Gasteiger partial charge in [-0.3, -0.25) is 4.79 Å². The van der Waals surface area contributed by atoms with Gasteiger partial charge >= 0.3 is 0 Å². The Hall–Kier alpha value is -2.02. The van der Waals surface area contributed by atoms with Crippen LogP contribution in [0.2, 0.25) is 0 Å². The number of thiazole rings is 1. The Balaban J connectivity index is 2.29. The first kappa shape index (κ1) is 14.4. The Kier molecular flexibility index (Phi) is 3.71. The minimum absolute atomic E-state index is 0.401. The normalized spacial score (nSPS) is 11.4. The molecule has 3 N–H and O–H groups in total. The number of nitrogens with two attached hydrogens (primary N) is 1. The van der Waals surface area contributed by atoms with E-state index in [1.54, 1.807) is 25.4 Å². The van der Waals surface area contributed by atoms with Gasteiger partial charge < -0.3 is 11.1 Å². The van der Waals surface area contributed by atoms with Gasteiger partial charge in [0.1, 0.15) is 10.8 Å². The fraction of sp³-hybridized carbons (Fsp3) is 0.231. The summed E-state index contributed by atoms with van der Waals surface area (Å²) in [5, 5.41) is 5.05. The van der Waals surface area contributed by atoms with Crippen LogP contribution in [-0.4, -0.2) is 10.9 Å². The van der Waals surface area contributed by atoms with Crippen molar-refractivity contribution in [2.24, 2.45) is 0 Å². The third-order valence-electron chi connectivity index (χ3n) is 2.70. The number of amides is 1. The standard InChI is InChI=1S/C13H13F2N3OS/c1-13(2,12-17-3-4-20-12)18-11(19)8-5-7(14)6-9(16)10(8)15/h3-6H,16H2,1-2H3,(H,18,19). The third-order valence-corrected chi connectivity index (χ3v) is 3.80. The number of halogens is 2. The lowest BCUT2D eigenvalue weighted by atomic mass is 10.1. The van der Waals surface area contributed by atoms with Crippen LogP contribution in [0.1, 0.15) is 29.2 Å². The SMILES string of the molecule is CC(C)(NC(=O)c1cc(F)cc(N)c1F)c1nccs1. The second-order valence-corrected chi connectivity index (χ2v) is 5.67. The van der Waals surface area contributed by atoms with Crippen LogP contribution >= 0.6 is 11.3 Å². The van der Waals surface area contributed by atoms with E-state index in [0.717, 1.165) is 12.1 Å². The van der Waals surface area contributed by atoms with Crippen LogP contribution in [0.15, 0.2) is 23.7 Å². The van der Waals surface area contributed by atoms with Gasteiger partial charge in [-0.2, -0.15) is 0 Å². The molecule has 0 aliphatic rings. The van der Waals surface area contributed by atoms with Gasteiger partial charge in [-0.1, -0.05) is 0 Å². The average molecular weight is 297 g/mol. The number of aromatic nitrogens is 1. The molecule has 20 heavy (non-hydrogen) atoms. The number of nitrogens with one attached hydrogen (secondary N) is 1. The van der Waals surface area contributed by atoms with Crippen LogP contribution in [0.4, 0.5) is 14.5 Å². The number of hydrogen-bond acceptors (Lipinski definition) is 4. The molecular weight excluding hydrogens is 284 g/mol. The highest BCUT2D eigenvalue weighted by Gasteiger charge is 2.27. The highest BCUT2D eigenvalue weighted by molar-refractivity contribution is 7.09. The zero-order valence-corrected chi connectivity index (χ0v) is 11.7. The summed E-state index contributed by atoms with van der Waals surface area (Å²) in [6, 6.07) is 1.65. The van der Waals surface area contributed by atoms with E-state index in [1.807, 2.05) is 0 Å². The number of carbonyl (C=O) groups is 1. The first-order valence-corrected chi connectivity index (χ1v) is 6.66. The molecule has 2 aromatic rings. The molecule has 1 amide bonds. The average Bonchev–Trinajstić information content (AvgIpc) is 2.87. The molecule has 1 aromatic carbocycles. The van der Waals surface area contributed by atoms with Crippen LogP contribution in [0.5, 0.6) is 0 Å². The molecule has 0 radical (unpaired) electrons. The molecule has 0 aliphatic carbocycles. The van der Waals surface area contributed by atoms with Crippen molar-refractivity contribution in [1.29, 1.82) is 0 Å². The number of nitrogen functional groups attached to an aromatic ring is 1. The van der Waals surface area contributed by atoms with Crippen LogP contribution < -0.4 is 11.1 Å². The number of nitrogens with zero attached hydrogens (tertiary/aromatic N) is 1. The summed E-state index contributed by atoms with van der Waals surface area (Å²) in [4.78, 5) is 16.2. The topological polar surface area (TPSA) is 68.0 Å². The van der Waals surface area contributed by atoms with E-state index in [0.29, 0.717) is 5.01 Å². The monoisotopic (exact) mass is 297 g/mol. The van der Waals surface area contributed by atoms with Crippen molar-refractivity contribution in [2.75, 3.05) is 5.73 Å². The van der Waals surface area contributed by atoms with Gasteiger partial charge in [0.15, 0.2) is 5.82 Å². The first-order valence-electron chi connectivity index (χ1n) is 5.78. The highest BCUT2D eigenvalue weighted by Crippen LogP contribution is 2.24. The van der Waals surface area contributed by atoms with E-state index in [4.69, 9.17) is 5.73 Å². The summed E-state index contributed by atoms with van der Waals surface area (Å²) >= 11 is 1.36. The lowest BCUT2D eigenvalue weighted by Crippen LogP contribution is -2.41. The van der Waals surface area contributed by atoms with Crippen LogP contribution in [0.3, 0.4) is 0 Å². The van der Waals surface area contributed by atoms with Crippen LogP contribution in [0, 0.1) is 11.6 Å².